The molecule has 0 amide bonds. The number of aromatic nitrogens is 2. The van der Waals surface area contributed by atoms with E-state index in [4.69, 9.17) is 0 Å². The van der Waals surface area contributed by atoms with Gasteiger partial charge in [0.1, 0.15) is 18.0 Å². The molecule has 5 nitrogen and oxygen atoms in total. The lowest BCUT2D eigenvalue weighted by Crippen LogP contribution is -2.30. The lowest BCUT2D eigenvalue weighted by Gasteiger charge is -2.28. The second kappa shape index (κ2) is 6.54. The quantitative estimate of drug-likeness (QED) is 0.831. The number of anilines is 2. The monoisotopic (exact) mass is 249 g/mol. The maximum Gasteiger partial charge on any atom is 0.131 e. The van der Waals surface area contributed by atoms with Crippen LogP contribution in [0.2, 0.25) is 0 Å². The van der Waals surface area contributed by atoms with Gasteiger partial charge in [0.15, 0.2) is 0 Å². The third kappa shape index (κ3) is 3.84. The first-order valence-corrected chi connectivity index (χ1v) is 6.70. The lowest BCUT2D eigenvalue weighted by atomic mass is 9.94. The van der Waals surface area contributed by atoms with Crippen molar-refractivity contribution in [3.63, 3.8) is 0 Å². The summed E-state index contributed by atoms with van der Waals surface area (Å²) < 4.78 is 0. The van der Waals surface area contributed by atoms with E-state index in [-0.39, 0.29) is 0 Å². The van der Waals surface area contributed by atoms with Crippen LogP contribution in [-0.4, -0.2) is 48.6 Å². The Balaban J connectivity index is 1.71. The third-order valence-corrected chi connectivity index (χ3v) is 3.62. The van der Waals surface area contributed by atoms with E-state index in [2.05, 4.69) is 32.5 Å². The molecule has 5 heteroatoms. The van der Waals surface area contributed by atoms with Crippen LogP contribution < -0.4 is 10.6 Å². The Morgan fingerprint density at radius 1 is 1.28 bits per heavy atom. The fourth-order valence-electron chi connectivity index (χ4n) is 2.35. The Morgan fingerprint density at radius 3 is 2.72 bits per heavy atom. The number of nitrogens with zero attached hydrogens (tertiary/aromatic N) is 3. The molecule has 1 saturated heterocycles. The second-order valence-electron chi connectivity index (χ2n) is 5.00. The molecule has 0 aromatic carbocycles. The van der Waals surface area contributed by atoms with Crippen LogP contribution in [0.4, 0.5) is 11.6 Å². The van der Waals surface area contributed by atoms with Crippen LogP contribution in [0.15, 0.2) is 12.4 Å². The van der Waals surface area contributed by atoms with Gasteiger partial charge in [0, 0.05) is 19.7 Å². The van der Waals surface area contributed by atoms with E-state index in [1.807, 2.05) is 13.1 Å². The summed E-state index contributed by atoms with van der Waals surface area (Å²) >= 11 is 0. The van der Waals surface area contributed by atoms with Crippen molar-refractivity contribution >= 4 is 11.6 Å². The Bertz CT molecular complexity index is 360. The van der Waals surface area contributed by atoms with Gasteiger partial charge in [-0.05, 0) is 45.3 Å². The summed E-state index contributed by atoms with van der Waals surface area (Å²) in [6.45, 7) is 3.47. The molecule has 1 aromatic heterocycles. The minimum atomic E-state index is 0.854. The van der Waals surface area contributed by atoms with Gasteiger partial charge in [0.25, 0.3) is 0 Å². The largest absolute Gasteiger partial charge is 0.373 e. The van der Waals surface area contributed by atoms with Gasteiger partial charge in [0.2, 0.25) is 0 Å². The van der Waals surface area contributed by atoms with E-state index in [0.29, 0.717) is 0 Å². The Morgan fingerprint density at radius 2 is 2.00 bits per heavy atom. The Labute approximate surface area is 109 Å². The highest BCUT2D eigenvalue weighted by Crippen LogP contribution is 2.19. The second-order valence-corrected chi connectivity index (χ2v) is 5.00. The minimum Gasteiger partial charge on any atom is -0.373 e. The Kier molecular flexibility index (Phi) is 4.75. The molecule has 1 fully saturated rings. The zero-order chi connectivity index (χ0) is 12.8. The van der Waals surface area contributed by atoms with Crippen molar-refractivity contribution in [1.29, 1.82) is 0 Å². The van der Waals surface area contributed by atoms with Crippen molar-refractivity contribution in [3.8, 4) is 0 Å². The maximum atomic E-state index is 4.21. The Hall–Kier alpha value is -1.36. The number of hydrogen-bond donors (Lipinski definition) is 2. The summed E-state index contributed by atoms with van der Waals surface area (Å²) in [5.41, 5.74) is 0. The molecule has 1 aliphatic rings. The van der Waals surface area contributed by atoms with Crippen molar-refractivity contribution in [2.45, 2.75) is 19.3 Å². The SMILES string of the molecule is CNc1cc(NCCC2CCN(C)CC2)ncn1. The first-order valence-electron chi connectivity index (χ1n) is 6.70. The van der Waals surface area contributed by atoms with Crippen LogP contribution in [0.5, 0.6) is 0 Å². The molecule has 0 aliphatic carbocycles. The van der Waals surface area contributed by atoms with Crippen LogP contribution in [0.3, 0.4) is 0 Å². The molecular weight excluding hydrogens is 226 g/mol. The summed E-state index contributed by atoms with van der Waals surface area (Å²) in [4.78, 5) is 10.7. The molecule has 0 unspecified atom stereocenters. The summed E-state index contributed by atoms with van der Waals surface area (Å²) in [5.74, 6) is 2.62. The first-order chi connectivity index (χ1) is 8.78. The highest BCUT2D eigenvalue weighted by molar-refractivity contribution is 5.45. The third-order valence-electron chi connectivity index (χ3n) is 3.62. The van der Waals surface area contributed by atoms with Crippen molar-refractivity contribution < 1.29 is 0 Å². The van der Waals surface area contributed by atoms with Crippen LogP contribution in [0, 0.1) is 5.92 Å². The zero-order valence-corrected chi connectivity index (χ0v) is 11.3. The molecule has 100 valence electrons. The van der Waals surface area contributed by atoms with Gasteiger partial charge in [-0.2, -0.15) is 0 Å². The molecule has 0 bridgehead atoms. The van der Waals surface area contributed by atoms with Crippen molar-refractivity contribution in [1.82, 2.24) is 14.9 Å². The molecule has 18 heavy (non-hydrogen) atoms. The van der Waals surface area contributed by atoms with Gasteiger partial charge in [-0.3, -0.25) is 0 Å². The first kappa shape index (κ1) is 13.1. The predicted octanol–water partition coefficient (Wildman–Crippen LogP) is 1.66. The number of piperidine rings is 1. The highest BCUT2D eigenvalue weighted by atomic mass is 15.1. The van der Waals surface area contributed by atoms with Crippen LogP contribution in [-0.2, 0) is 0 Å². The van der Waals surface area contributed by atoms with E-state index in [0.717, 1.165) is 24.1 Å². The molecular formula is C13H23N5. The topological polar surface area (TPSA) is 53.1 Å². The predicted molar refractivity (Wildman–Crippen MR) is 74.9 cm³/mol. The van der Waals surface area contributed by atoms with Crippen molar-refractivity contribution in [3.05, 3.63) is 12.4 Å². The summed E-state index contributed by atoms with van der Waals surface area (Å²) in [6.07, 6.45) is 5.46. The molecule has 0 atom stereocenters. The van der Waals surface area contributed by atoms with Gasteiger partial charge in [-0.25, -0.2) is 9.97 Å². The van der Waals surface area contributed by atoms with Gasteiger partial charge in [-0.1, -0.05) is 0 Å². The van der Waals surface area contributed by atoms with E-state index < -0.39 is 0 Å². The number of nitrogens with one attached hydrogen (secondary N) is 2. The highest BCUT2D eigenvalue weighted by Gasteiger charge is 2.15. The maximum absolute atomic E-state index is 4.21. The normalized spacial score (nSPS) is 17.7. The van der Waals surface area contributed by atoms with Crippen LogP contribution in [0.25, 0.3) is 0 Å². The average Bonchev–Trinajstić information content (AvgIpc) is 2.41. The smallest absolute Gasteiger partial charge is 0.131 e. The molecule has 0 spiro atoms. The number of hydrogen-bond acceptors (Lipinski definition) is 5. The van der Waals surface area contributed by atoms with Gasteiger partial charge in [0.05, 0.1) is 0 Å². The van der Waals surface area contributed by atoms with Gasteiger partial charge in [-0.15, -0.1) is 0 Å². The summed E-state index contributed by atoms with van der Waals surface area (Å²) in [5, 5.41) is 6.39. The van der Waals surface area contributed by atoms with Gasteiger partial charge < -0.3 is 15.5 Å². The molecule has 1 aliphatic heterocycles. The molecule has 2 rings (SSSR count). The molecule has 2 N–H and O–H groups in total. The van der Waals surface area contributed by atoms with E-state index in [1.54, 1.807) is 6.33 Å². The molecule has 2 heterocycles. The number of rotatable bonds is 5. The summed E-state index contributed by atoms with van der Waals surface area (Å²) in [6, 6.07) is 1.94. The van der Waals surface area contributed by atoms with Crippen LogP contribution in [0.1, 0.15) is 19.3 Å². The molecule has 0 radical (unpaired) electrons. The standard InChI is InChI=1S/C13H23N5/c1-14-12-9-13(17-10-16-12)15-6-3-11-4-7-18(2)8-5-11/h9-11H,3-8H2,1-2H3,(H2,14,15,16,17). The van der Waals surface area contributed by atoms with Crippen LogP contribution >= 0.6 is 0 Å². The summed E-state index contributed by atoms with van der Waals surface area (Å²) in [7, 11) is 4.07. The lowest BCUT2D eigenvalue weighted by molar-refractivity contribution is 0.215. The van der Waals surface area contributed by atoms with Crippen molar-refractivity contribution in [2.75, 3.05) is 44.4 Å². The number of likely N-dealkylation sites (tertiary alicyclic amines) is 1. The van der Waals surface area contributed by atoms with Crippen molar-refractivity contribution in [2.24, 2.45) is 5.92 Å². The molecule has 1 aromatic rings. The van der Waals surface area contributed by atoms with E-state index >= 15 is 0 Å². The minimum absolute atomic E-state index is 0.854. The molecule has 0 saturated carbocycles. The fourth-order valence-corrected chi connectivity index (χ4v) is 2.35. The average molecular weight is 249 g/mol. The van der Waals surface area contributed by atoms with E-state index in [1.165, 1.54) is 32.4 Å². The van der Waals surface area contributed by atoms with Gasteiger partial charge >= 0.3 is 0 Å². The fraction of sp³-hybridized carbons (Fsp3) is 0.692. The van der Waals surface area contributed by atoms with E-state index in [9.17, 15) is 0 Å². The zero-order valence-electron chi connectivity index (χ0n) is 11.3.